The molecule has 0 unspecified atom stereocenters. The summed E-state index contributed by atoms with van der Waals surface area (Å²) < 4.78 is 115. The minimum atomic E-state index is -10.7. The van der Waals surface area contributed by atoms with Crippen molar-refractivity contribution in [2.75, 3.05) is 0 Å². The van der Waals surface area contributed by atoms with Gasteiger partial charge >= 0.3 is 675 Å². The second-order valence-electron chi connectivity index (χ2n) is 17.5. The van der Waals surface area contributed by atoms with E-state index in [-0.39, 0.29) is 215 Å². The average molecular weight is 2510 g/mol. The van der Waals surface area contributed by atoms with Gasteiger partial charge in [0.2, 0.25) is 0 Å². The van der Waals surface area contributed by atoms with E-state index in [1.807, 2.05) is 166 Å². The average Bonchev–Trinajstić information content (AvgIpc) is 2.92. The first-order valence-electron chi connectivity index (χ1n) is 22.1. The molecule has 46 heteroatoms. The maximum atomic E-state index is 9.87. The van der Waals surface area contributed by atoms with Gasteiger partial charge in [0, 0.05) is 0 Å². The van der Waals surface area contributed by atoms with E-state index in [0.717, 1.165) is 0 Å². The maximum absolute atomic E-state index is 10.7. The summed E-state index contributed by atoms with van der Waals surface area (Å²) in [5.74, 6) is 0. The van der Waals surface area contributed by atoms with E-state index in [4.69, 9.17) is 54.3 Å². The van der Waals surface area contributed by atoms with E-state index in [1.165, 1.54) is 0 Å². The third-order valence-electron chi connectivity index (χ3n) is 4.08. The molecule has 0 aromatic rings. The van der Waals surface area contributed by atoms with Crippen molar-refractivity contribution in [3.8, 4) is 0 Å². The Morgan fingerprint density at radius 2 is 0.256 bits per heavy atom. The van der Waals surface area contributed by atoms with Crippen molar-refractivity contribution < 1.29 is 221 Å². The minimum absolute atomic E-state index is 0. The topological polar surface area (TPSA) is 111 Å². The van der Waals surface area contributed by atoms with E-state index < -0.39 is 35.7 Å². The molecule has 0 aliphatic carbocycles. The van der Waals surface area contributed by atoms with Gasteiger partial charge in [-0.1, -0.05) is 0 Å². The zero-order valence-electron chi connectivity index (χ0n) is 48.9. The van der Waals surface area contributed by atoms with E-state index in [9.17, 15) is 25.2 Å². The van der Waals surface area contributed by atoms with Crippen LogP contribution in [0, 0.1) is 0 Å². The molecule has 0 rings (SSSR count). The smallest absolute Gasteiger partial charge is 1.00 e. The quantitative estimate of drug-likeness (QED) is 0.0521. The van der Waals surface area contributed by atoms with Gasteiger partial charge in [0.1, 0.15) is 0 Å². The van der Waals surface area contributed by atoms with Gasteiger partial charge in [-0.25, -0.2) is 0 Å². The standard InChI is InChI=1S/6C6H15O2PSe2.8Cu.F6P.FH/c6*1-5(2)7-9(10,11)8-6(3)4;;;;;;;;;1-7(2,3,4,5)6;/h6*5-6H,1-4H3,(H,10,11);;;;;;;;;;1H/q;;;;;;8*+1;-1;/p-7. The van der Waals surface area contributed by atoms with Gasteiger partial charge in [-0.2, -0.15) is 0 Å². The van der Waals surface area contributed by atoms with Gasteiger partial charge in [0.05, 0.1) is 0 Å². The molecule has 0 aromatic heterocycles. The van der Waals surface area contributed by atoms with Crippen molar-refractivity contribution in [3.05, 3.63) is 0 Å². The fraction of sp³-hybridized carbons (Fsp3) is 1.00. The Kier molecular flexibility index (Phi) is 105. The summed E-state index contributed by atoms with van der Waals surface area (Å²) in [5.41, 5.74) is 0. The van der Waals surface area contributed by atoms with E-state index in [1.54, 1.807) is 0 Å². The third-order valence-corrected chi connectivity index (χ3v) is 25.2. The van der Waals surface area contributed by atoms with Crippen molar-refractivity contribution in [3.63, 3.8) is 0 Å². The molecule has 0 saturated heterocycles. The predicted molar refractivity (Wildman–Crippen MR) is 319 cm³/mol. The maximum Gasteiger partial charge on any atom is 1.00 e. The van der Waals surface area contributed by atoms with E-state index in [2.05, 4.69) is 184 Å². The van der Waals surface area contributed by atoms with Crippen LogP contribution in [0.25, 0.3) is 0 Å². The Labute approximate surface area is 669 Å². The van der Waals surface area contributed by atoms with E-state index >= 15 is 0 Å². The summed E-state index contributed by atoms with van der Waals surface area (Å²) in [4.78, 5) is 0. The van der Waals surface area contributed by atoms with Crippen LogP contribution >= 0.6 is 35.7 Å². The Morgan fingerprint density at radius 1 is 0.220 bits per heavy atom. The summed E-state index contributed by atoms with van der Waals surface area (Å²) in [6, 6.07) is 0. The Morgan fingerprint density at radius 3 is 0.280 bits per heavy atom. The number of hydrogen-bond acceptors (Lipinski definition) is 12. The Bertz CT molecular complexity index is 1410. The molecule has 0 aliphatic rings. The van der Waals surface area contributed by atoms with Crippen LogP contribution in [-0.4, -0.2) is 257 Å². The molecule has 0 saturated carbocycles. The second kappa shape index (κ2) is 64.3. The molecule has 12 nitrogen and oxygen atoms in total. The fourth-order valence-corrected chi connectivity index (χ4v) is 35.7. The van der Waals surface area contributed by atoms with Crippen molar-refractivity contribution in [1.29, 1.82) is 0 Å². The fourth-order valence-electron chi connectivity index (χ4n) is 3.25. The van der Waals surface area contributed by atoms with Gasteiger partial charge in [-0.3, -0.25) is 0 Å². The van der Waals surface area contributed by atoms with Crippen molar-refractivity contribution >= 4 is 220 Å². The van der Waals surface area contributed by atoms with Crippen LogP contribution in [0.4, 0.5) is 25.2 Å². The summed E-state index contributed by atoms with van der Waals surface area (Å²) in [7, 11) is -10.7. The van der Waals surface area contributed by atoms with Crippen LogP contribution in [0.5, 0.6) is 0 Å². The van der Waals surface area contributed by atoms with Crippen LogP contribution < -0.4 is 4.70 Å². The molecule has 0 radical (unpaired) electrons. The molecule has 0 fully saturated rings. The molecule has 0 bridgehead atoms. The minimum Gasteiger partial charge on any atom is -1.00 e. The molecule has 0 amide bonds. The largest absolute Gasteiger partial charge is 1.00 e. The first kappa shape index (κ1) is 134. The molecular formula is C36H84Cu8F7O12P7Se12. The number of halogens is 7. The molecule has 0 N–H and O–H groups in total. The van der Waals surface area contributed by atoms with Gasteiger partial charge in [0.25, 0.3) is 0 Å². The van der Waals surface area contributed by atoms with Crippen LogP contribution in [0.3, 0.4) is 0 Å². The molecule has 0 spiro atoms. The van der Waals surface area contributed by atoms with Crippen molar-refractivity contribution in [2.24, 2.45) is 0 Å². The number of hydrogen-bond donors (Lipinski definition) is 0. The van der Waals surface area contributed by atoms with Crippen molar-refractivity contribution in [1.82, 2.24) is 0 Å². The summed E-state index contributed by atoms with van der Waals surface area (Å²) in [6.07, 6.45) is 2.38. The Hall–Kier alpha value is 12.4. The molecular weight excluding hydrogens is 2430 g/mol. The first-order valence-corrected chi connectivity index (χ1v) is 60.5. The van der Waals surface area contributed by atoms with Crippen LogP contribution in [0.2, 0.25) is 0 Å². The molecule has 0 aromatic carbocycles. The molecule has 0 aliphatic heterocycles. The van der Waals surface area contributed by atoms with Crippen LogP contribution in [-0.2, 0) is 191 Å². The van der Waals surface area contributed by atoms with Crippen molar-refractivity contribution in [2.45, 2.75) is 239 Å². The molecule has 0 atom stereocenters. The zero-order chi connectivity index (χ0) is 60.8. The van der Waals surface area contributed by atoms with Gasteiger partial charge in [0.15, 0.2) is 0 Å². The van der Waals surface area contributed by atoms with E-state index in [0.29, 0.717) is 0 Å². The van der Waals surface area contributed by atoms with Gasteiger partial charge in [-0.15, -0.1) is 0 Å². The Balaban J connectivity index is -0.0000000436. The van der Waals surface area contributed by atoms with Gasteiger partial charge in [-0.05, 0) is 0 Å². The summed E-state index contributed by atoms with van der Waals surface area (Å²) in [5, 5.41) is 0. The van der Waals surface area contributed by atoms with Gasteiger partial charge < -0.3 is 4.70 Å². The van der Waals surface area contributed by atoms with Crippen LogP contribution in [0.1, 0.15) is 166 Å². The number of rotatable bonds is 24. The third kappa shape index (κ3) is 147. The molecule has 544 valence electrons. The second-order valence-corrected chi connectivity index (χ2v) is 84.7. The monoisotopic (exact) mass is 2520 g/mol. The summed E-state index contributed by atoms with van der Waals surface area (Å²) >= 11 is 35.1. The molecule has 82 heavy (non-hydrogen) atoms. The normalized spacial score (nSPS) is 12.4. The SMILES string of the molecule is CC(C)OP(=[Se])([Se-])OC(C)C.CC(C)OP(=[Se])([Se-])OC(C)C.CC(C)OP(=[Se])([Se-])OC(C)C.CC(C)OP(=[Se])([Se-])OC(C)C.CC(C)OP(=[Se])([Se-])OC(C)C.CC(C)OP(=[Se])([Se-])OC(C)C.F[P-](F)(F)(F)(F)F.[Cu+].[Cu+].[Cu+].[Cu+].[Cu+].[Cu+].[Cu+].[Cu+].[F-]. The first-order chi connectivity index (χ1) is 31.4. The molecule has 0 heterocycles. The zero-order valence-corrected chi connectivity index (χ0v) is 83.3. The summed E-state index contributed by atoms with van der Waals surface area (Å²) in [6.45, 7) is 47.8. The predicted octanol–water partition coefficient (Wildman–Crippen LogP) is 11.5. The van der Waals surface area contributed by atoms with Crippen LogP contribution in [0.15, 0.2) is 0 Å².